The van der Waals surface area contributed by atoms with Crippen molar-refractivity contribution in [3.63, 3.8) is 0 Å². The average Bonchev–Trinajstić information content (AvgIpc) is 3.34. The number of likely N-dealkylation sites (tertiary alicyclic amines) is 1. The molecule has 5 rings (SSSR count). The van der Waals surface area contributed by atoms with E-state index in [1.165, 1.54) is 50.6 Å². The summed E-state index contributed by atoms with van der Waals surface area (Å²) in [5.74, 6) is 1.59. The molecule has 0 bridgehead atoms. The Kier molecular flexibility index (Phi) is 5.93. The molecule has 1 saturated carbocycles. The summed E-state index contributed by atoms with van der Waals surface area (Å²) in [7, 11) is 0. The third-order valence-corrected chi connectivity index (χ3v) is 7.50. The summed E-state index contributed by atoms with van der Waals surface area (Å²) < 4.78 is 0. The van der Waals surface area contributed by atoms with Gasteiger partial charge in [0, 0.05) is 44.5 Å². The predicted molar refractivity (Wildman–Crippen MR) is 121 cm³/mol. The summed E-state index contributed by atoms with van der Waals surface area (Å²) in [4.78, 5) is 24.6. The van der Waals surface area contributed by atoms with Gasteiger partial charge in [-0.2, -0.15) is 0 Å². The molecule has 0 spiro atoms. The number of rotatable bonds is 3. The number of allylic oxidation sites excluding steroid dienone is 2. The first-order valence-corrected chi connectivity index (χ1v) is 12.0. The number of carbonyl (C=O) groups is 1. The van der Waals surface area contributed by atoms with Gasteiger partial charge in [-0.1, -0.05) is 18.9 Å². The zero-order valence-corrected chi connectivity index (χ0v) is 18.1. The number of pyridine rings is 1. The molecule has 1 aromatic heterocycles. The Hall–Kier alpha value is -2.08. The van der Waals surface area contributed by atoms with E-state index in [2.05, 4.69) is 32.2 Å². The van der Waals surface area contributed by atoms with Gasteiger partial charge in [0.05, 0.1) is 11.9 Å². The maximum atomic E-state index is 12.9. The second kappa shape index (κ2) is 8.96. The molecule has 2 saturated heterocycles. The van der Waals surface area contributed by atoms with Gasteiger partial charge >= 0.3 is 6.03 Å². The van der Waals surface area contributed by atoms with Crippen LogP contribution in [0.1, 0.15) is 57.8 Å². The number of hydrogen-bond donors (Lipinski definition) is 1. The van der Waals surface area contributed by atoms with E-state index in [0.717, 1.165) is 63.1 Å². The number of piperazine rings is 1. The maximum absolute atomic E-state index is 12.9. The van der Waals surface area contributed by atoms with Crippen molar-refractivity contribution >= 4 is 17.5 Å². The Bertz CT molecular complexity index is 762. The molecule has 30 heavy (non-hydrogen) atoms. The quantitative estimate of drug-likeness (QED) is 0.801. The van der Waals surface area contributed by atoms with Crippen LogP contribution in [0.2, 0.25) is 0 Å². The lowest BCUT2D eigenvalue weighted by Gasteiger charge is -2.38. The molecule has 6 heteroatoms. The van der Waals surface area contributed by atoms with Gasteiger partial charge < -0.3 is 10.2 Å². The zero-order chi connectivity index (χ0) is 20.3. The van der Waals surface area contributed by atoms with Crippen molar-refractivity contribution in [1.29, 1.82) is 0 Å². The van der Waals surface area contributed by atoms with E-state index in [0.29, 0.717) is 5.92 Å². The Morgan fingerprint density at radius 1 is 0.933 bits per heavy atom. The van der Waals surface area contributed by atoms with Crippen LogP contribution in [-0.4, -0.2) is 59.6 Å². The molecule has 1 aromatic rings. The second-order valence-electron chi connectivity index (χ2n) is 9.35. The number of carbonyl (C=O) groups excluding carboxylic acids is 1. The molecule has 2 amide bonds. The molecule has 6 nitrogen and oxygen atoms in total. The fourth-order valence-corrected chi connectivity index (χ4v) is 5.82. The first-order valence-electron chi connectivity index (χ1n) is 12.0. The first-order chi connectivity index (χ1) is 14.8. The van der Waals surface area contributed by atoms with Gasteiger partial charge in [0.1, 0.15) is 5.82 Å². The number of urea groups is 1. The van der Waals surface area contributed by atoms with Gasteiger partial charge in [0.25, 0.3) is 0 Å². The van der Waals surface area contributed by atoms with Crippen LogP contribution in [0.4, 0.5) is 16.3 Å². The van der Waals surface area contributed by atoms with Crippen LogP contribution in [0, 0.1) is 5.92 Å². The van der Waals surface area contributed by atoms with E-state index >= 15 is 0 Å². The van der Waals surface area contributed by atoms with E-state index < -0.39 is 0 Å². The van der Waals surface area contributed by atoms with Gasteiger partial charge in [0.15, 0.2) is 0 Å². The van der Waals surface area contributed by atoms with Crippen LogP contribution < -0.4 is 10.2 Å². The summed E-state index contributed by atoms with van der Waals surface area (Å²) in [5, 5.41) is 3.08. The normalized spacial score (nSPS) is 25.7. The summed E-state index contributed by atoms with van der Waals surface area (Å²) in [5.41, 5.74) is 2.03. The van der Waals surface area contributed by atoms with Crippen LogP contribution >= 0.6 is 0 Å². The molecule has 4 aliphatic rings. The smallest absolute Gasteiger partial charge is 0.326 e. The molecular weight excluding hydrogens is 374 g/mol. The van der Waals surface area contributed by atoms with E-state index in [4.69, 9.17) is 0 Å². The highest BCUT2D eigenvalue weighted by Crippen LogP contribution is 2.35. The van der Waals surface area contributed by atoms with Crippen LogP contribution in [0.25, 0.3) is 0 Å². The van der Waals surface area contributed by atoms with Crippen LogP contribution in [0.15, 0.2) is 30.1 Å². The Balaban J connectivity index is 1.16. The highest BCUT2D eigenvalue weighted by molar-refractivity contribution is 5.90. The molecule has 0 radical (unpaired) electrons. The predicted octanol–water partition coefficient (Wildman–Crippen LogP) is 4.46. The largest absolute Gasteiger partial charge is 0.354 e. The van der Waals surface area contributed by atoms with Gasteiger partial charge in [-0.3, -0.25) is 9.80 Å². The molecule has 2 aliphatic heterocycles. The SMILES string of the molecule is O=C(Nc1ccc(N2CCN(C3CCCC3)CC2)nc1)N1CCCC2CCCC=C21. The van der Waals surface area contributed by atoms with E-state index in [1.54, 1.807) is 0 Å². The number of fused-ring (bicyclic) bond motifs is 1. The second-order valence-corrected chi connectivity index (χ2v) is 9.35. The zero-order valence-electron chi connectivity index (χ0n) is 18.1. The summed E-state index contributed by atoms with van der Waals surface area (Å²) >= 11 is 0. The molecule has 3 fully saturated rings. The lowest BCUT2D eigenvalue weighted by Crippen LogP contribution is -2.50. The Morgan fingerprint density at radius 2 is 1.73 bits per heavy atom. The minimum Gasteiger partial charge on any atom is -0.354 e. The minimum absolute atomic E-state index is 0.00687. The monoisotopic (exact) mass is 409 g/mol. The van der Waals surface area contributed by atoms with Crippen molar-refractivity contribution in [2.24, 2.45) is 5.92 Å². The minimum atomic E-state index is -0.00687. The Morgan fingerprint density at radius 3 is 2.50 bits per heavy atom. The van der Waals surface area contributed by atoms with Crippen LogP contribution in [0.5, 0.6) is 0 Å². The van der Waals surface area contributed by atoms with E-state index in [-0.39, 0.29) is 6.03 Å². The standard InChI is InChI=1S/C24H35N5O/c30-24(29-13-5-7-19-6-1-4-10-22(19)29)26-20-11-12-23(25-18-20)28-16-14-27(15-17-28)21-8-2-3-9-21/h10-12,18-19,21H,1-9,13-17H2,(H,26,30). The van der Waals surface area contributed by atoms with Gasteiger partial charge in [-0.25, -0.2) is 9.78 Å². The van der Waals surface area contributed by atoms with Crippen LogP contribution in [-0.2, 0) is 0 Å². The lowest BCUT2D eigenvalue weighted by atomic mass is 9.85. The topological polar surface area (TPSA) is 51.7 Å². The molecular formula is C24H35N5O. The summed E-state index contributed by atoms with van der Waals surface area (Å²) in [6.45, 7) is 5.17. The van der Waals surface area contributed by atoms with Crippen molar-refractivity contribution in [2.45, 2.75) is 63.8 Å². The fourth-order valence-electron chi connectivity index (χ4n) is 5.82. The lowest BCUT2D eigenvalue weighted by molar-refractivity contribution is 0.187. The number of nitrogens with zero attached hydrogens (tertiary/aromatic N) is 4. The Labute approximate surface area is 180 Å². The number of nitrogens with one attached hydrogen (secondary N) is 1. The van der Waals surface area contributed by atoms with Gasteiger partial charge in [-0.15, -0.1) is 0 Å². The van der Waals surface area contributed by atoms with E-state index in [1.807, 2.05) is 17.2 Å². The molecule has 3 heterocycles. The van der Waals surface area contributed by atoms with Gasteiger partial charge in [-0.05, 0) is 63.0 Å². The fraction of sp³-hybridized carbons (Fsp3) is 0.667. The highest BCUT2D eigenvalue weighted by Gasteiger charge is 2.30. The third kappa shape index (κ3) is 4.20. The van der Waals surface area contributed by atoms with Crippen molar-refractivity contribution < 1.29 is 4.79 Å². The molecule has 0 aromatic carbocycles. The molecule has 1 unspecified atom stereocenters. The highest BCUT2D eigenvalue weighted by atomic mass is 16.2. The number of aromatic nitrogens is 1. The van der Waals surface area contributed by atoms with Crippen LogP contribution in [0.3, 0.4) is 0 Å². The van der Waals surface area contributed by atoms with Crippen molar-refractivity contribution in [1.82, 2.24) is 14.8 Å². The number of amides is 2. The maximum Gasteiger partial charge on any atom is 0.326 e. The number of hydrogen-bond acceptors (Lipinski definition) is 4. The number of anilines is 2. The van der Waals surface area contributed by atoms with Crippen molar-refractivity contribution in [2.75, 3.05) is 42.9 Å². The van der Waals surface area contributed by atoms with Crippen molar-refractivity contribution in [3.8, 4) is 0 Å². The van der Waals surface area contributed by atoms with Gasteiger partial charge in [0.2, 0.25) is 0 Å². The number of piperidine rings is 1. The first kappa shape index (κ1) is 19.9. The molecule has 162 valence electrons. The van der Waals surface area contributed by atoms with Crippen molar-refractivity contribution in [3.05, 3.63) is 30.1 Å². The molecule has 1 N–H and O–H groups in total. The summed E-state index contributed by atoms with van der Waals surface area (Å²) in [6, 6.07) is 4.86. The molecule has 1 atom stereocenters. The van der Waals surface area contributed by atoms with E-state index in [9.17, 15) is 4.79 Å². The molecule has 2 aliphatic carbocycles. The third-order valence-electron chi connectivity index (χ3n) is 7.50. The summed E-state index contributed by atoms with van der Waals surface area (Å²) in [6.07, 6.45) is 15.5. The average molecular weight is 410 g/mol.